The molecule has 0 spiro atoms. The highest BCUT2D eigenvalue weighted by Gasteiger charge is 2.07. The topological polar surface area (TPSA) is 16.1 Å². The summed E-state index contributed by atoms with van der Waals surface area (Å²) in [5, 5.41) is 0. The number of thiazole rings is 1. The Balaban J connectivity index is 2.37. The third-order valence-electron chi connectivity index (χ3n) is 2.27. The lowest BCUT2D eigenvalue weighted by Crippen LogP contribution is -2.23. The second kappa shape index (κ2) is 5.69. The smallest absolute Gasteiger partial charge is 0.183 e. The highest BCUT2D eigenvalue weighted by molar-refractivity contribution is 7.15. The molecule has 1 atom stereocenters. The summed E-state index contributed by atoms with van der Waals surface area (Å²) in [6.45, 7) is 6.58. The van der Waals surface area contributed by atoms with Crippen LogP contribution in [0.25, 0.3) is 0 Å². The second-order valence-corrected chi connectivity index (χ2v) is 5.49. The van der Waals surface area contributed by atoms with E-state index >= 15 is 0 Å². The van der Waals surface area contributed by atoms with E-state index < -0.39 is 0 Å². The molecule has 0 fully saturated rings. The maximum Gasteiger partial charge on any atom is 0.183 e. The van der Waals surface area contributed by atoms with E-state index in [0.29, 0.717) is 4.47 Å². The molecule has 0 radical (unpaired) electrons. The van der Waals surface area contributed by atoms with Crippen molar-refractivity contribution in [2.45, 2.75) is 26.8 Å². The molecule has 1 unspecified atom stereocenters. The van der Waals surface area contributed by atoms with Crippen molar-refractivity contribution in [1.29, 1.82) is 0 Å². The minimum atomic E-state index is 0.636. The Hall–Kier alpha value is -0.120. The summed E-state index contributed by atoms with van der Waals surface area (Å²) in [6.07, 6.45) is 3.09. The molecule has 1 rings (SSSR count). The fraction of sp³-hybridized carbons (Fsp3) is 0.700. The van der Waals surface area contributed by atoms with Gasteiger partial charge in [0.05, 0.1) is 0 Å². The molecule has 0 bridgehead atoms. The van der Waals surface area contributed by atoms with Crippen LogP contribution in [-0.2, 0) is 6.54 Å². The Morgan fingerprint density at radius 1 is 1.64 bits per heavy atom. The zero-order chi connectivity index (χ0) is 10.6. The van der Waals surface area contributed by atoms with Crippen LogP contribution in [0, 0.1) is 5.92 Å². The fourth-order valence-electron chi connectivity index (χ4n) is 1.35. The Morgan fingerprint density at radius 2 is 2.36 bits per heavy atom. The molecule has 80 valence electrons. The van der Waals surface area contributed by atoms with Crippen molar-refractivity contribution in [3.05, 3.63) is 15.5 Å². The van der Waals surface area contributed by atoms with E-state index in [9.17, 15) is 0 Å². The molecule has 0 aromatic carbocycles. The Morgan fingerprint density at radius 3 is 2.86 bits per heavy atom. The van der Waals surface area contributed by atoms with E-state index in [-0.39, 0.29) is 0 Å². The van der Waals surface area contributed by atoms with Crippen LogP contribution in [0.2, 0.25) is 4.47 Å². The van der Waals surface area contributed by atoms with E-state index in [0.717, 1.165) is 19.0 Å². The normalized spacial score (nSPS) is 13.5. The highest BCUT2D eigenvalue weighted by atomic mass is 35.5. The minimum absolute atomic E-state index is 0.636. The predicted octanol–water partition coefficient (Wildman–Crippen LogP) is 3.27. The minimum Gasteiger partial charge on any atom is -0.301 e. The van der Waals surface area contributed by atoms with Gasteiger partial charge in [0, 0.05) is 24.2 Å². The molecule has 2 nitrogen and oxygen atoms in total. The zero-order valence-electron chi connectivity index (χ0n) is 8.96. The molecule has 0 aliphatic heterocycles. The van der Waals surface area contributed by atoms with Crippen LogP contribution in [0.5, 0.6) is 0 Å². The van der Waals surface area contributed by atoms with Crippen LogP contribution < -0.4 is 0 Å². The van der Waals surface area contributed by atoms with Gasteiger partial charge in [-0.25, -0.2) is 4.98 Å². The number of hydrogen-bond donors (Lipinski definition) is 0. The fourth-order valence-corrected chi connectivity index (χ4v) is 2.41. The van der Waals surface area contributed by atoms with E-state index in [2.05, 4.69) is 30.8 Å². The van der Waals surface area contributed by atoms with Crippen molar-refractivity contribution in [3.8, 4) is 0 Å². The number of halogens is 1. The van der Waals surface area contributed by atoms with Crippen molar-refractivity contribution >= 4 is 22.9 Å². The van der Waals surface area contributed by atoms with Gasteiger partial charge in [-0.05, 0) is 13.0 Å². The number of nitrogens with zero attached hydrogens (tertiary/aromatic N) is 2. The molecular formula is C10H17ClN2S. The predicted molar refractivity (Wildman–Crippen MR) is 62.9 cm³/mol. The lowest BCUT2D eigenvalue weighted by Gasteiger charge is -2.19. The van der Waals surface area contributed by atoms with Gasteiger partial charge in [-0.2, -0.15) is 0 Å². The maximum atomic E-state index is 5.77. The number of hydrogen-bond acceptors (Lipinski definition) is 3. The molecule has 0 saturated carbocycles. The number of rotatable bonds is 5. The van der Waals surface area contributed by atoms with E-state index in [1.807, 2.05) is 6.20 Å². The first-order valence-corrected chi connectivity index (χ1v) is 6.10. The summed E-state index contributed by atoms with van der Waals surface area (Å²) in [5.41, 5.74) is 0. The standard InChI is InChI=1S/C10H17ClN2S/c1-4-8(2)6-13(3)7-9-5-12-10(11)14-9/h5,8H,4,6-7H2,1-3H3. The molecule has 1 aromatic rings. The quantitative estimate of drug-likeness (QED) is 0.775. The third-order valence-corrected chi connectivity index (χ3v) is 3.37. The van der Waals surface area contributed by atoms with E-state index in [1.165, 1.54) is 11.3 Å². The lowest BCUT2D eigenvalue weighted by atomic mass is 10.1. The molecular weight excluding hydrogens is 216 g/mol. The highest BCUT2D eigenvalue weighted by Crippen LogP contribution is 2.19. The van der Waals surface area contributed by atoms with Gasteiger partial charge in [0.15, 0.2) is 4.47 Å². The summed E-state index contributed by atoms with van der Waals surface area (Å²) in [4.78, 5) is 7.58. The van der Waals surface area contributed by atoms with Crippen LogP contribution in [0.4, 0.5) is 0 Å². The first-order valence-electron chi connectivity index (χ1n) is 4.90. The van der Waals surface area contributed by atoms with Gasteiger partial charge in [0.2, 0.25) is 0 Å². The lowest BCUT2D eigenvalue weighted by molar-refractivity contribution is 0.277. The molecule has 1 heterocycles. The molecule has 0 N–H and O–H groups in total. The van der Waals surface area contributed by atoms with Gasteiger partial charge in [-0.1, -0.05) is 31.9 Å². The van der Waals surface area contributed by atoms with Gasteiger partial charge in [-0.3, -0.25) is 0 Å². The first-order chi connectivity index (χ1) is 6.61. The Bertz CT molecular complexity index is 275. The Labute approximate surface area is 94.9 Å². The Kier molecular flexibility index (Phi) is 4.85. The summed E-state index contributed by atoms with van der Waals surface area (Å²) in [7, 11) is 2.14. The summed E-state index contributed by atoms with van der Waals surface area (Å²) >= 11 is 7.33. The second-order valence-electron chi connectivity index (χ2n) is 3.79. The summed E-state index contributed by atoms with van der Waals surface area (Å²) < 4.78 is 0.636. The van der Waals surface area contributed by atoms with Crippen molar-refractivity contribution in [2.24, 2.45) is 5.92 Å². The van der Waals surface area contributed by atoms with Crippen LogP contribution in [0.1, 0.15) is 25.1 Å². The molecule has 4 heteroatoms. The molecule has 0 amide bonds. The monoisotopic (exact) mass is 232 g/mol. The van der Waals surface area contributed by atoms with Gasteiger partial charge >= 0.3 is 0 Å². The maximum absolute atomic E-state index is 5.77. The van der Waals surface area contributed by atoms with Gasteiger partial charge < -0.3 is 4.90 Å². The summed E-state index contributed by atoms with van der Waals surface area (Å²) in [6, 6.07) is 0. The largest absolute Gasteiger partial charge is 0.301 e. The van der Waals surface area contributed by atoms with Crippen molar-refractivity contribution in [1.82, 2.24) is 9.88 Å². The average Bonchev–Trinajstić information content (AvgIpc) is 2.50. The molecule has 1 aromatic heterocycles. The molecule has 14 heavy (non-hydrogen) atoms. The number of aromatic nitrogens is 1. The zero-order valence-corrected chi connectivity index (χ0v) is 10.5. The van der Waals surface area contributed by atoms with Crippen LogP contribution in [0.3, 0.4) is 0 Å². The van der Waals surface area contributed by atoms with Crippen LogP contribution in [0.15, 0.2) is 6.20 Å². The molecule has 0 saturated heterocycles. The van der Waals surface area contributed by atoms with Crippen LogP contribution >= 0.6 is 22.9 Å². The van der Waals surface area contributed by atoms with Crippen molar-refractivity contribution < 1.29 is 0 Å². The van der Waals surface area contributed by atoms with Gasteiger partial charge in [0.1, 0.15) is 0 Å². The van der Waals surface area contributed by atoms with Crippen LogP contribution in [-0.4, -0.2) is 23.5 Å². The SMILES string of the molecule is CCC(C)CN(C)Cc1cnc(Cl)s1. The first kappa shape index (κ1) is 12.0. The van der Waals surface area contributed by atoms with Crippen molar-refractivity contribution in [3.63, 3.8) is 0 Å². The van der Waals surface area contributed by atoms with Crippen molar-refractivity contribution in [2.75, 3.05) is 13.6 Å². The van der Waals surface area contributed by atoms with E-state index in [1.54, 1.807) is 11.3 Å². The summed E-state index contributed by atoms with van der Waals surface area (Å²) in [5.74, 6) is 0.753. The van der Waals surface area contributed by atoms with Gasteiger partial charge in [-0.15, -0.1) is 11.3 Å². The van der Waals surface area contributed by atoms with E-state index in [4.69, 9.17) is 11.6 Å². The van der Waals surface area contributed by atoms with Gasteiger partial charge in [0.25, 0.3) is 0 Å². The average molecular weight is 233 g/mol. The molecule has 0 aliphatic carbocycles. The third kappa shape index (κ3) is 3.95. The molecule has 0 aliphatic rings.